The molecule has 5 nitrogen and oxygen atoms in total. The predicted molar refractivity (Wildman–Crippen MR) is 68.3 cm³/mol. The number of aromatic amines is 1. The molecule has 94 valence electrons. The number of methoxy groups -OCH3 is 2. The number of amides is 1. The zero-order chi connectivity index (χ0) is 13.0. The summed E-state index contributed by atoms with van der Waals surface area (Å²) < 4.78 is 10.3. The fraction of sp³-hybridized carbons (Fsp3) is 0.154. The van der Waals surface area contributed by atoms with Crippen LogP contribution in [0.15, 0.2) is 36.7 Å². The van der Waals surface area contributed by atoms with Gasteiger partial charge in [0, 0.05) is 18.5 Å². The number of carbonyl (C=O) groups is 1. The van der Waals surface area contributed by atoms with Gasteiger partial charge in [0.05, 0.1) is 25.5 Å². The summed E-state index contributed by atoms with van der Waals surface area (Å²) in [6, 6.07) is 6.91. The average molecular weight is 246 g/mol. The van der Waals surface area contributed by atoms with E-state index < -0.39 is 0 Å². The van der Waals surface area contributed by atoms with E-state index in [1.807, 2.05) is 0 Å². The molecule has 0 saturated carbocycles. The third-order valence-electron chi connectivity index (χ3n) is 2.52. The second kappa shape index (κ2) is 5.27. The number of hydrogen-bond acceptors (Lipinski definition) is 3. The Balaban J connectivity index is 2.21. The number of anilines is 1. The van der Waals surface area contributed by atoms with Crippen LogP contribution in [-0.2, 0) is 0 Å². The van der Waals surface area contributed by atoms with Crippen LogP contribution in [0, 0.1) is 0 Å². The molecule has 2 aromatic rings. The van der Waals surface area contributed by atoms with Crippen molar-refractivity contribution in [1.82, 2.24) is 4.98 Å². The highest BCUT2D eigenvalue weighted by Gasteiger charge is 2.10. The maximum absolute atomic E-state index is 11.9. The van der Waals surface area contributed by atoms with Crippen molar-refractivity contribution < 1.29 is 14.3 Å². The highest BCUT2D eigenvalue weighted by molar-refractivity contribution is 6.04. The Morgan fingerprint density at radius 1 is 1.22 bits per heavy atom. The molecule has 0 radical (unpaired) electrons. The second-order valence-electron chi connectivity index (χ2n) is 3.62. The molecule has 1 aromatic heterocycles. The van der Waals surface area contributed by atoms with E-state index in [9.17, 15) is 4.79 Å². The van der Waals surface area contributed by atoms with Gasteiger partial charge in [0.1, 0.15) is 11.5 Å². The minimum absolute atomic E-state index is 0.195. The zero-order valence-corrected chi connectivity index (χ0v) is 10.2. The first-order chi connectivity index (χ1) is 8.74. The van der Waals surface area contributed by atoms with Gasteiger partial charge in [-0.05, 0) is 18.2 Å². The fourth-order valence-electron chi connectivity index (χ4n) is 1.56. The Morgan fingerprint density at radius 2 is 2.06 bits per heavy atom. The highest BCUT2D eigenvalue weighted by atomic mass is 16.5. The number of rotatable bonds is 4. The van der Waals surface area contributed by atoms with Crippen molar-refractivity contribution >= 4 is 11.6 Å². The van der Waals surface area contributed by atoms with Crippen molar-refractivity contribution in [3.05, 3.63) is 42.2 Å². The van der Waals surface area contributed by atoms with Crippen molar-refractivity contribution in [2.24, 2.45) is 0 Å². The van der Waals surface area contributed by atoms with Crippen LogP contribution >= 0.6 is 0 Å². The zero-order valence-electron chi connectivity index (χ0n) is 10.2. The summed E-state index contributed by atoms with van der Waals surface area (Å²) in [7, 11) is 3.12. The molecule has 1 aromatic carbocycles. The normalized spacial score (nSPS) is 9.89. The SMILES string of the molecule is COc1ccc(NC(=O)c2cc[nH]c2)c(OC)c1. The summed E-state index contributed by atoms with van der Waals surface area (Å²) in [5.74, 6) is 1.03. The molecular weight excluding hydrogens is 232 g/mol. The predicted octanol–water partition coefficient (Wildman–Crippen LogP) is 2.28. The molecule has 0 fully saturated rings. The van der Waals surface area contributed by atoms with Crippen LogP contribution in [0.25, 0.3) is 0 Å². The van der Waals surface area contributed by atoms with E-state index in [0.717, 1.165) is 0 Å². The van der Waals surface area contributed by atoms with Gasteiger partial charge in [-0.3, -0.25) is 4.79 Å². The van der Waals surface area contributed by atoms with Crippen LogP contribution in [0.1, 0.15) is 10.4 Å². The van der Waals surface area contributed by atoms with Crippen molar-refractivity contribution in [3.63, 3.8) is 0 Å². The van der Waals surface area contributed by atoms with Gasteiger partial charge in [-0.1, -0.05) is 0 Å². The molecule has 0 atom stereocenters. The molecule has 2 N–H and O–H groups in total. The van der Waals surface area contributed by atoms with Crippen LogP contribution in [0.4, 0.5) is 5.69 Å². The molecule has 0 aliphatic heterocycles. The summed E-state index contributed by atoms with van der Waals surface area (Å²) in [6.45, 7) is 0. The van der Waals surface area contributed by atoms with Crippen molar-refractivity contribution in [3.8, 4) is 11.5 Å². The average Bonchev–Trinajstić information content (AvgIpc) is 2.93. The third-order valence-corrected chi connectivity index (χ3v) is 2.52. The van der Waals surface area contributed by atoms with E-state index in [4.69, 9.17) is 9.47 Å². The van der Waals surface area contributed by atoms with Gasteiger partial charge in [0.25, 0.3) is 5.91 Å². The van der Waals surface area contributed by atoms with E-state index >= 15 is 0 Å². The van der Waals surface area contributed by atoms with E-state index in [1.165, 1.54) is 0 Å². The maximum atomic E-state index is 11.9. The van der Waals surface area contributed by atoms with Crippen LogP contribution < -0.4 is 14.8 Å². The van der Waals surface area contributed by atoms with Gasteiger partial charge in [-0.25, -0.2) is 0 Å². The lowest BCUT2D eigenvalue weighted by Crippen LogP contribution is -2.11. The Morgan fingerprint density at radius 3 is 2.67 bits per heavy atom. The Bertz CT molecular complexity index is 535. The Labute approximate surface area is 105 Å². The lowest BCUT2D eigenvalue weighted by molar-refractivity contribution is 0.102. The number of aromatic nitrogens is 1. The van der Waals surface area contributed by atoms with Crippen molar-refractivity contribution in [1.29, 1.82) is 0 Å². The molecule has 18 heavy (non-hydrogen) atoms. The Hall–Kier alpha value is -2.43. The topological polar surface area (TPSA) is 63.3 Å². The number of carbonyl (C=O) groups excluding carboxylic acids is 1. The van der Waals surface area contributed by atoms with Crippen LogP contribution in [0.5, 0.6) is 11.5 Å². The molecule has 1 heterocycles. The molecule has 0 aliphatic rings. The minimum Gasteiger partial charge on any atom is -0.497 e. The molecule has 1 amide bonds. The summed E-state index contributed by atoms with van der Waals surface area (Å²) >= 11 is 0. The summed E-state index contributed by atoms with van der Waals surface area (Å²) in [5, 5.41) is 2.78. The van der Waals surface area contributed by atoms with E-state index in [0.29, 0.717) is 22.7 Å². The first-order valence-corrected chi connectivity index (χ1v) is 5.40. The van der Waals surface area contributed by atoms with E-state index in [1.54, 1.807) is 50.9 Å². The smallest absolute Gasteiger partial charge is 0.257 e. The van der Waals surface area contributed by atoms with Crippen LogP contribution in [0.3, 0.4) is 0 Å². The largest absolute Gasteiger partial charge is 0.497 e. The molecule has 0 spiro atoms. The molecular formula is C13H14N2O3. The number of nitrogens with one attached hydrogen (secondary N) is 2. The van der Waals surface area contributed by atoms with E-state index in [2.05, 4.69) is 10.3 Å². The maximum Gasteiger partial charge on any atom is 0.257 e. The fourth-order valence-corrected chi connectivity index (χ4v) is 1.56. The molecule has 0 unspecified atom stereocenters. The van der Waals surface area contributed by atoms with Crippen LogP contribution in [-0.4, -0.2) is 25.1 Å². The number of ether oxygens (including phenoxy) is 2. The summed E-state index contributed by atoms with van der Waals surface area (Å²) in [4.78, 5) is 14.7. The van der Waals surface area contributed by atoms with Crippen molar-refractivity contribution in [2.75, 3.05) is 19.5 Å². The van der Waals surface area contributed by atoms with Gasteiger partial charge in [0.2, 0.25) is 0 Å². The minimum atomic E-state index is -0.195. The summed E-state index contributed by atoms with van der Waals surface area (Å²) in [5.41, 5.74) is 1.16. The van der Waals surface area contributed by atoms with E-state index in [-0.39, 0.29) is 5.91 Å². The van der Waals surface area contributed by atoms with Gasteiger partial charge >= 0.3 is 0 Å². The lowest BCUT2D eigenvalue weighted by atomic mass is 10.2. The van der Waals surface area contributed by atoms with Crippen molar-refractivity contribution in [2.45, 2.75) is 0 Å². The van der Waals surface area contributed by atoms with Gasteiger partial charge in [0.15, 0.2) is 0 Å². The van der Waals surface area contributed by atoms with Gasteiger partial charge < -0.3 is 19.8 Å². The van der Waals surface area contributed by atoms with Gasteiger partial charge in [-0.2, -0.15) is 0 Å². The first kappa shape index (κ1) is 12.0. The second-order valence-corrected chi connectivity index (χ2v) is 3.62. The molecule has 0 bridgehead atoms. The Kier molecular flexibility index (Phi) is 3.52. The molecule has 5 heteroatoms. The lowest BCUT2D eigenvalue weighted by Gasteiger charge is -2.11. The highest BCUT2D eigenvalue weighted by Crippen LogP contribution is 2.29. The standard InChI is InChI=1S/C13H14N2O3/c1-17-10-3-4-11(12(7-10)18-2)15-13(16)9-5-6-14-8-9/h3-8,14H,1-2H3,(H,15,16). The first-order valence-electron chi connectivity index (χ1n) is 5.40. The number of benzene rings is 1. The quantitative estimate of drug-likeness (QED) is 0.870. The molecule has 2 rings (SSSR count). The third kappa shape index (κ3) is 2.45. The number of H-pyrrole nitrogens is 1. The monoisotopic (exact) mass is 246 g/mol. The van der Waals surface area contributed by atoms with Gasteiger partial charge in [-0.15, -0.1) is 0 Å². The molecule has 0 saturated heterocycles. The number of hydrogen-bond donors (Lipinski definition) is 2. The molecule has 0 aliphatic carbocycles. The summed E-state index contributed by atoms with van der Waals surface area (Å²) in [6.07, 6.45) is 3.32. The van der Waals surface area contributed by atoms with Crippen LogP contribution in [0.2, 0.25) is 0 Å².